The minimum Gasteiger partial charge on any atom is -0.465 e. The summed E-state index contributed by atoms with van der Waals surface area (Å²) in [5, 5.41) is 10.8. The summed E-state index contributed by atoms with van der Waals surface area (Å²) in [5.41, 5.74) is 1.10. The van der Waals surface area contributed by atoms with Gasteiger partial charge in [0, 0.05) is 13.1 Å². The second-order valence-electron chi connectivity index (χ2n) is 6.79. The van der Waals surface area contributed by atoms with E-state index in [1.165, 1.54) is 11.0 Å². The number of rotatable bonds is 4. The van der Waals surface area contributed by atoms with Crippen molar-refractivity contribution in [1.29, 1.82) is 0 Å². The molecule has 3 aliphatic rings. The number of benzene rings is 1. The summed E-state index contributed by atoms with van der Waals surface area (Å²) in [6.45, 7) is 3.18. The fourth-order valence-corrected chi connectivity index (χ4v) is 3.47. The molecule has 3 heterocycles. The van der Waals surface area contributed by atoms with E-state index in [0.29, 0.717) is 11.4 Å². The molecule has 0 aliphatic carbocycles. The number of carbonyl (C=O) groups excluding carboxylic acids is 1. The van der Waals surface area contributed by atoms with Crippen molar-refractivity contribution in [2.24, 2.45) is 5.41 Å². The second kappa shape index (κ2) is 5.76. The highest BCUT2D eigenvalue weighted by Crippen LogP contribution is 2.41. The number of carboxylic acid groups (broad SMARTS) is 1. The summed E-state index contributed by atoms with van der Waals surface area (Å²) >= 11 is 0. The zero-order valence-electron chi connectivity index (χ0n) is 13.4. The van der Waals surface area contributed by atoms with Crippen LogP contribution in [0.4, 0.5) is 25.4 Å². The first kappa shape index (κ1) is 15.9. The molecule has 0 aromatic heterocycles. The number of halogens is 1. The largest absolute Gasteiger partial charge is 0.465 e. The summed E-state index contributed by atoms with van der Waals surface area (Å²) < 4.78 is 24.8. The minimum absolute atomic E-state index is 0.00390. The molecule has 2 amide bonds. The molecule has 134 valence electrons. The maximum Gasteiger partial charge on any atom is 0.414 e. The van der Waals surface area contributed by atoms with Crippen molar-refractivity contribution in [3.8, 4) is 0 Å². The highest BCUT2D eigenvalue weighted by Gasteiger charge is 2.49. The molecule has 3 saturated heterocycles. The zero-order chi connectivity index (χ0) is 17.6. The fourth-order valence-electron chi connectivity index (χ4n) is 3.47. The third-order valence-corrected chi connectivity index (χ3v) is 4.81. The lowest BCUT2D eigenvalue weighted by Gasteiger charge is -2.56. The van der Waals surface area contributed by atoms with Crippen LogP contribution in [0.25, 0.3) is 0 Å². The predicted molar refractivity (Wildman–Crippen MR) is 85.5 cm³/mol. The summed E-state index contributed by atoms with van der Waals surface area (Å²) in [6.07, 6.45) is -2.40. The smallest absolute Gasteiger partial charge is 0.414 e. The van der Waals surface area contributed by atoms with Crippen LogP contribution in [-0.2, 0) is 9.47 Å². The van der Waals surface area contributed by atoms with Gasteiger partial charge in [-0.1, -0.05) is 0 Å². The first-order chi connectivity index (χ1) is 12.0. The maximum atomic E-state index is 14.5. The van der Waals surface area contributed by atoms with Crippen LogP contribution >= 0.6 is 0 Å². The van der Waals surface area contributed by atoms with E-state index in [4.69, 9.17) is 14.6 Å². The number of cyclic esters (lactones) is 1. The Hall–Kier alpha value is -2.55. The van der Waals surface area contributed by atoms with Gasteiger partial charge < -0.3 is 24.8 Å². The van der Waals surface area contributed by atoms with Gasteiger partial charge in [0.2, 0.25) is 0 Å². The van der Waals surface area contributed by atoms with Crippen LogP contribution in [0, 0.1) is 11.2 Å². The van der Waals surface area contributed by atoms with E-state index in [1.54, 1.807) is 12.1 Å². The summed E-state index contributed by atoms with van der Waals surface area (Å²) in [7, 11) is 0. The Morgan fingerprint density at radius 3 is 2.76 bits per heavy atom. The van der Waals surface area contributed by atoms with Gasteiger partial charge in [0.05, 0.1) is 43.1 Å². The number of carbonyl (C=O) groups is 2. The van der Waals surface area contributed by atoms with Gasteiger partial charge in [-0.15, -0.1) is 0 Å². The minimum atomic E-state index is -1.19. The molecule has 0 unspecified atom stereocenters. The molecule has 0 radical (unpaired) electrons. The van der Waals surface area contributed by atoms with Gasteiger partial charge in [0.1, 0.15) is 11.9 Å². The number of amides is 2. The average molecular weight is 351 g/mol. The molecule has 0 bridgehead atoms. The van der Waals surface area contributed by atoms with E-state index in [0.717, 1.165) is 26.3 Å². The molecule has 0 saturated carbocycles. The van der Waals surface area contributed by atoms with Gasteiger partial charge in [0.15, 0.2) is 0 Å². The lowest BCUT2D eigenvalue weighted by molar-refractivity contribution is -0.127. The molecule has 1 aromatic rings. The molecular formula is C16H18FN3O5. The monoisotopic (exact) mass is 351 g/mol. The third-order valence-electron chi connectivity index (χ3n) is 4.81. The van der Waals surface area contributed by atoms with E-state index >= 15 is 0 Å². The van der Waals surface area contributed by atoms with Crippen molar-refractivity contribution in [2.75, 3.05) is 49.2 Å². The van der Waals surface area contributed by atoms with Crippen LogP contribution in [0.1, 0.15) is 0 Å². The molecule has 1 aromatic carbocycles. The Bertz CT molecular complexity index is 716. The maximum absolute atomic E-state index is 14.5. The Kier molecular flexibility index (Phi) is 3.68. The lowest BCUT2D eigenvalue weighted by atomic mass is 9.78. The number of hydrogen-bond acceptors (Lipinski definition) is 5. The number of anilines is 2. The highest BCUT2D eigenvalue weighted by atomic mass is 19.1. The fraction of sp³-hybridized carbons (Fsp3) is 0.500. The Morgan fingerprint density at radius 2 is 2.16 bits per heavy atom. The molecule has 1 atom stereocenters. The predicted octanol–water partition coefficient (Wildman–Crippen LogP) is 1.26. The number of hydrogen-bond donors (Lipinski definition) is 2. The molecule has 9 heteroatoms. The summed E-state index contributed by atoms with van der Waals surface area (Å²) in [6, 6.07) is 4.65. The van der Waals surface area contributed by atoms with Crippen molar-refractivity contribution in [3.63, 3.8) is 0 Å². The molecule has 25 heavy (non-hydrogen) atoms. The molecule has 1 spiro atoms. The number of ether oxygens (including phenoxy) is 2. The van der Waals surface area contributed by atoms with Gasteiger partial charge in [-0.2, -0.15) is 0 Å². The van der Waals surface area contributed by atoms with Gasteiger partial charge >= 0.3 is 12.2 Å². The van der Waals surface area contributed by atoms with Gasteiger partial charge in [-0.25, -0.2) is 14.0 Å². The molecule has 3 fully saturated rings. The van der Waals surface area contributed by atoms with Gasteiger partial charge in [-0.3, -0.25) is 4.90 Å². The standard InChI is InChI=1S/C16H18FN3O5/c17-12-3-10(20-5-11(25-15(20)23)4-18-14(21)22)1-2-13(12)19-6-16(7-19)8-24-9-16/h1-3,11,18H,4-9H2,(H,21,22)/t11-/m0/s1. The molecule has 3 aliphatic heterocycles. The van der Waals surface area contributed by atoms with E-state index in [1.807, 2.05) is 4.90 Å². The molecule has 2 N–H and O–H groups in total. The summed E-state index contributed by atoms with van der Waals surface area (Å²) in [4.78, 5) is 25.7. The van der Waals surface area contributed by atoms with Crippen LogP contribution in [0.5, 0.6) is 0 Å². The normalized spacial score (nSPS) is 23.9. The van der Waals surface area contributed by atoms with E-state index in [2.05, 4.69) is 5.32 Å². The van der Waals surface area contributed by atoms with Crippen molar-refractivity contribution in [1.82, 2.24) is 5.32 Å². The molecule has 4 rings (SSSR count). The molecule has 8 nitrogen and oxygen atoms in total. The van der Waals surface area contributed by atoms with Gasteiger partial charge in [-0.05, 0) is 18.2 Å². The zero-order valence-corrected chi connectivity index (χ0v) is 13.4. The van der Waals surface area contributed by atoms with Crippen LogP contribution in [0.3, 0.4) is 0 Å². The van der Waals surface area contributed by atoms with E-state index < -0.39 is 24.1 Å². The van der Waals surface area contributed by atoms with Crippen LogP contribution in [0.15, 0.2) is 18.2 Å². The van der Waals surface area contributed by atoms with E-state index in [9.17, 15) is 14.0 Å². The first-order valence-electron chi connectivity index (χ1n) is 8.03. The Labute approximate surface area is 143 Å². The highest BCUT2D eigenvalue weighted by molar-refractivity contribution is 5.90. The van der Waals surface area contributed by atoms with Gasteiger partial charge in [0.25, 0.3) is 0 Å². The Morgan fingerprint density at radius 1 is 1.40 bits per heavy atom. The van der Waals surface area contributed by atoms with Crippen molar-refractivity contribution < 1.29 is 28.6 Å². The van der Waals surface area contributed by atoms with Crippen molar-refractivity contribution in [2.45, 2.75) is 6.10 Å². The average Bonchev–Trinajstić information content (AvgIpc) is 2.85. The number of nitrogens with one attached hydrogen (secondary N) is 1. The number of nitrogens with zero attached hydrogens (tertiary/aromatic N) is 2. The van der Waals surface area contributed by atoms with Crippen LogP contribution in [0.2, 0.25) is 0 Å². The van der Waals surface area contributed by atoms with Crippen molar-refractivity contribution >= 4 is 23.6 Å². The molecular weight excluding hydrogens is 333 g/mol. The van der Waals surface area contributed by atoms with Crippen molar-refractivity contribution in [3.05, 3.63) is 24.0 Å². The first-order valence-corrected chi connectivity index (χ1v) is 8.03. The van der Waals surface area contributed by atoms with Crippen LogP contribution in [-0.4, -0.2) is 62.8 Å². The topological polar surface area (TPSA) is 91.3 Å². The second-order valence-corrected chi connectivity index (χ2v) is 6.79. The quantitative estimate of drug-likeness (QED) is 0.849. The summed E-state index contributed by atoms with van der Waals surface area (Å²) in [5.74, 6) is -0.396. The van der Waals surface area contributed by atoms with E-state index in [-0.39, 0.29) is 18.5 Å². The SMILES string of the molecule is O=C(O)NC[C@H]1CN(c2ccc(N3CC4(COC4)C3)c(F)c2)C(=O)O1. The van der Waals surface area contributed by atoms with Crippen LogP contribution < -0.4 is 15.1 Å². The third kappa shape index (κ3) is 2.84. The Balaban J connectivity index is 1.42. The lowest BCUT2D eigenvalue weighted by Crippen LogP contribution is -2.66.